The minimum atomic E-state index is -6.21. The summed E-state index contributed by atoms with van der Waals surface area (Å²) < 4.78 is 114. The molecule has 3 atom stereocenters. The fourth-order valence-electron chi connectivity index (χ4n) is 1.89. The number of ether oxygens (including phenoxy) is 2. The largest absolute Gasteiger partial charge is 0.454 e. The van der Waals surface area contributed by atoms with Crippen LogP contribution in [0.2, 0.25) is 0 Å². The monoisotopic (exact) mass is 316 g/mol. The minimum Gasteiger partial charge on any atom is -0.338 e. The number of hydrogen-bond donors (Lipinski definition) is 0. The van der Waals surface area contributed by atoms with Crippen molar-refractivity contribution < 1.29 is 44.6 Å². The van der Waals surface area contributed by atoms with Crippen molar-refractivity contribution in [3.63, 3.8) is 0 Å². The standard InChI is InChI=1S/C10H12F8O2/c1-5(2)6(3,11)7(12,13)8(14,20-5)9(15,19-4)10(16,17)18/h1-4H3. The van der Waals surface area contributed by atoms with Gasteiger partial charge in [-0.3, -0.25) is 0 Å². The lowest BCUT2D eigenvalue weighted by molar-refractivity contribution is -0.445. The third kappa shape index (κ3) is 1.63. The zero-order valence-electron chi connectivity index (χ0n) is 10.8. The summed E-state index contributed by atoms with van der Waals surface area (Å²) in [6.45, 7) is 1.28. The Balaban J connectivity index is 3.59. The fraction of sp³-hybridized carbons (Fsp3) is 1.00. The molecule has 0 bridgehead atoms. The van der Waals surface area contributed by atoms with Crippen LogP contribution in [0.3, 0.4) is 0 Å². The minimum absolute atomic E-state index is 0.0230. The van der Waals surface area contributed by atoms with Gasteiger partial charge in [0.05, 0.1) is 0 Å². The molecule has 10 heteroatoms. The van der Waals surface area contributed by atoms with E-state index < -0.39 is 35.1 Å². The summed E-state index contributed by atoms with van der Waals surface area (Å²) >= 11 is 0. The average Bonchev–Trinajstić information content (AvgIpc) is 2.32. The highest BCUT2D eigenvalue weighted by Gasteiger charge is 2.91. The second kappa shape index (κ2) is 3.96. The van der Waals surface area contributed by atoms with Crippen LogP contribution < -0.4 is 0 Å². The van der Waals surface area contributed by atoms with Gasteiger partial charge in [-0.1, -0.05) is 0 Å². The van der Waals surface area contributed by atoms with E-state index >= 15 is 0 Å². The Bertz CT molecular complexity index is 405. The summed E-state index contributed by atoms with van der Waals surface area (Å²) in [6.07, 6.45) is -6.21. The fourth-order valence-corrected chi connectivity index (χ4v) is 1.89. The molecule has 120 valence electrons. The lowest BCUT2D eigenvalue weighted by atomic mass is 9.83. The summed E-state index contributed by atoms with van der Waals surface area (Å²) in [7, 11) is 0.0230. The highest BCUT2D eigenvalue weighted by molar-refractivity contribution is 5.20. The summed E-state index contributed by atoms with van der Waals surface area (Å²) in [5.41, 5.74) is -6.64. The molecular weight excluding hydrogens is 304 g/mol. The number of alkyl halides is 8. The topological polar surface area (TPSA) is 18.5 Å². The van der Waals surface area contributed by atoms with Crippen molar-refractivity contribution in [2.45, 2.75) is 55.8 Å². The van der Waals surface area contributed by atoms with E-state index in [9.17, 15) is 35.1 Å². The van der Waals surface area contributed by atoms with Gasteiger partial charge in [0, 0.05) is 7.11 Å². The molecular formula is C10H12F8O2. The highest BCUT2D eigenvalue weighted by atomic mass is 19.4. The van der Waals surface area contributed by atoms with Crippen LogP contribution >= 0.6 is 0 Å². The molecule has 2 nitrogen and oxygen atoms in total. The van der Waals surface area contributed by atoms with Gasteiger partial charge in [0.15, 0.2) is 0 Å². The quantitative estimate of drug-likeness (QED) is 0.723. The van der Waals surface area contributed by atoms with Crippen LogP contribution in [0.15, 0.2) is 0 Å². The van der Waals surface area contributed by atoms with E-state index in [4.69, 9.17) is 0 Å². The van der Waals surface area contributed by atoms with E-state index in [2.05, 4.69) is 9.47 Å². The van der Waals surface area contributed by atoms with Gasteiger partial charge >= 0.3 is 23.8 Å². The van der Waals surface area contributed by atoms with Gasteiger partial charge in [0.25, 0.3) is 0 Å². The van der Waals surface area contributed by atoms with Gasteiger partial charge in [0.1, 0.15) is 5.60 Å². The number of halogens is 8. The molecule has 1 heterocycles. The molecule has 0 amide bonds. The molecule has 1 fully saturated rings. The summed E-state index contributed by atoms with van der Waals surface area (Å²) in [5, 5.41) is 0. The van der Waals surface area contributed by atoms with Gasteiger partial charge < -0.3 is 9.47 Å². The van der Waals surface area contributed by atoms with E-state index in [0.717, 1.165) is 0 Å². The summed E-state index contributed by atoms with van der Waals surface area (Å²) in [6, 6.07) is 0. The van der Waals surface area contributed by atoms with E-state index in [1.54, 1.807) is 0 Å². The molecule has 0 spiro atoms. The zero-order valence-corrected chi connectivity index (χ0v) is 10.8. The zero-order chi connectivity index (χ0) is 16.4. The van der Waals surface area contributed by atoms with Crippen LogP contribution in [0.1, 0.15) is 20.8 Å². The number of hydrogen-bond acceptors (Lipinski definition) is 2. The van der Waals surface area contributed by atoms with Crippen molar-refractivity contribution >= 4 is 0 Å². The predicted molar refractivity (Wildman–Crippen MR) is 50.4 cm³/mol. The van der Waals surface area contributed by atoms with Gasteiger partial charge in [0.2, 0.25) is 5.67 Å². The second-order valence-corrected chi connectivity index (χ2v) is 5.08. The molecule has 0 aromatic rings. The molecule has 20 heavy (non-hydrogen) atoms. The van der Waals surface area contributed by atoms with Crippen molar-refractivity contribution in [3.8, 4) is 0 Å². The maximum atomic E-state index is 14.2. The van der Waals surface area contributed by atoms with Gasteiger partial charge in [-0.2, -0.15) is 30.7 Å². The molecule has 0 N–H and O–H groups in total. The van der Waals surface area contributed by atoms with E-state index in [1.165, 1.54) is 0 Å². The molecule has 0 radical (unpaired) electrons. The first-order chi connectivity index (χ1) is 8.52. The van der Waals surface area contributed by atoms with Crippen molar-refractivity contribution in [3.05, 3.63) is 0 Å². The second-order valence-electron chi connectivity index (χ2n) is 5.08. The van der Waals surface area contributed by atoms with Gasteiger partial charge in [-0.25, -0.2) is 4.39 Å². The Labute approximate surface area is 109 Å². The lowest BCUT2D eigenvalue weighted by Crippen LogP contribution is -2.68. The Morgan fingerprint density at radius 2 is 1.30 bits per heavy atom. The Kier molecular flexibility index (Phi) is 3.45. The maximum absolute atomic E-state index is 14.2. The first kappa shape index (κ1) is 17.4. The van der Waals surface area contributed by atoms with Crippen LogP contribution in [0.5, 0.6) is 0 Å². The normalized spacial score (nSPS) is 39.6. The highest BCUT2D eigenvalue weighted by Crippen LogP contribution is 2.64. The SMILES string of the molecule is COC(F)(C(F)(F)F)C1(F)OC(C)(C)C(C)(F)C1(F)F. The first-order valence-electron chi connectivity index (χ1n) is 5.28. The van der Waals surface area contributed by atoms with Crippen LogP contribution in [0.25, 0.3) is 0 Å². The van der Waals surface area contributed by atoms with E-state index in [-0.39, 0.29) is 14.0 Å². The molecule has 0 aliphatic carbocycles. The smallest absolute Gasteiger partial charge is 0.338 e. The molecule has 0 aromatic carbocycles. The molecule has 1 saturated heterocycles. The molecule has 0 aromatic heterocycles. The predicted octanol–water partition coefficient (Wildman–Crippen LogP) is 3.70. The first-order valence-corrected chi connectivity index (χ1v) is 5.28. The van der Waals surface area contributed by atoms with Gasteiger partial charge in [-0.15, -0.1) is 0 Å². The number of rotatable bonds is 2. The molecule has 1 aliphatic heterocycles. The van der Waals surface area contributed by atoms with Gasteiger partial charge in [-0.05, 0) is 20.8 Å². The third-order valence-electron chi connectivity index (χ3n) is 3.58. The van der Waals surface area contributed by atoms with E-state index in [0.29, 0.717) is 13.8 Å². The van der Waals surface area contributed by atoms with Crippen molar-refractivity contribution in [1.29, 1.82) is 0 Å². The molecule has 1 aliphatic rings. The summed E-state index contributed by atoms with van der Waals surface area (Å²) in [5.74, 6) is -16.4. The third-order valence-corrected chi connectivity index (χ3v) is 3.58. The van der Waals surface area contributed by atoms with Crippen LogP contribution in [-0.4, -0.2) is 42.2 Å². The van der Waals surface area contributed by atoms with Crippen LogP contribution in [0.4, 0.5) is 35.1 Å². The Morgan fingerprint density at radius 1 is 0.900 bits per heavy atom. The van der Waals surface area contributed by atoms with Crippen LogP contribution in [-0.2, 0) is 9.47 Å². The molecule has 3 unspecified atom stereocenters. The Hall–Kier alpha value is -0.640. The van der Waals surface area contributed by atoms with E-state index in [1.807, 2.05) is 0 Å². The van der Waals surface area contributed by atoms with Crippen molar-refractivity contribution in [1.82, 2.24) is 0 Å². The maximum Gasteiger partial charge on any atom is 0.454 e. The van der Waals surface area contributed by atoms with Crippen LogP contribution in [0, 0.1) is 0 Å². The van der Waals surface area contributed by atoms with Crippen molar-refractivity contribution in [2.75, 3.05) is 7.11 Å². The molecule has 1 rings (SSSR count). The summed E-state index contributed by atoms with van der Waals surface area (Å²) in [4.78, 5) is 0. The van der Waals surface area contributed by atoms with Crippen molar-refractivity contribution in [2.24, 2.45) is 0 Å². The lowest BCUT2D eigenvalue weighted by Gasteiger charge is -2.39. The Morgan fingerprint density at radius 3 is 1.50 bits per heavy atom. The molecule has 0 saturated carbocycles. The number of methoxy groups -OCH3 is 1. The average molecular weight is 316 g/mol.